The zero-order valence-electron chi connectivity index (χ0n) is 16.4. The van der Waals surface area contributed by atoms with Crippen molar-refractivity contribution in [2.45, 2.75) is 51.3 Å². The van der Waals surface area contributed by atoms with Crippen LogP contribution in [0.2, 0.25) is 0 Å². The van der Waals surface area contributed by atoms with Crippen molar-refractivity contribution in [1.29, 1.82) is 0 Å². The van der Waals surface area contributed by atoms with Crippen molar-refractivity contribution in [1.82, 2.24) is 20.6 Å². The molecule has 1 aromatic carbocycles. The molecule has 1 fully saturated rings. The molecule has 0 spiro atoms. The van der Waals surface area contributed by atoms with Crippen LogP contribution >= 0.6 is 0 Å². The molecular weight excluding hydrogens is 354 g/mol. The van der Waals surface area contributed by atoms with Gasteiger partial charge in [0.05, 0.1) is 12.1 Å². The molecular formula is C21H27N5O2. The van der Waals surface area contributed by atoms with Crippen LogP contribution in [0.5, 0.6) is 0 Å². The Balaban J connectivity index is 1.31. The number of benzene rings is 1. The SMILES string of the molecule is Cc1cc(N2CCC(NC(=O)N[C@H]3c4ccccc4C[C@H]3O)CC2)nc(C)n1. The van der Waals surface area contributed by atoms with E-state index >= 15 is 0 Å². The Morgan fingerprint density at radius 1 is 1.14 bits per heavy atom. The molecule has 2 aliphatic rings. The molecule has 2 amide bonds. The number of carbonyl (C=O) groups excluding carboxylic acids is 1. The van der Waals surface area contributed by atoms with E-state index in [-0.39, 0.29) is 18.1 Å². The maximum absolute atomic E-state index is 12.5. The summed E-state index contributed by atoms with van der Waals surface area (Å²) in [6.45, 7) is 5.57. The summed E-state index contributed by atoms with van der Waals surface area (Å²) < 4.78 is 0. The maximum Gasteiger partial charge on any atom is 0.315 e. The van der Waals surface area contributed by atoms with E-state index in [9.17, 15) is 9.90 Å². The minimum atomic E-state index is -0.575. The highest BCUT2D eigenvalue weighted by molar-refractivity contribution is 5.75. The van der Waals surface area contributed by atoms with Crippen LogP contribution in [0.4, 0.5) is 10.6 Å². The zero-order valence-corrected chi connectivity index (χ0v) is 16.4. The smallest absolute Gasteiger partial charge is 0.315 e. The number of piperidine rings is 1. The summed E-state index contributed by atoms with van der Waals surface area (Å²) >= 11 is 0. The maximum atomic E-state index is 12.5. The van der Waals surface area contributed by atoms with Gasteiger partial charge in [0, 0.05) is 37.3 Å². The zero-order chi connectivity index (χ0) is 19.7. The highest BCUT2D eigenvalue weighted by Crippen LogP contribution is 2.31. The highest BCUT2D eigenvalue weighted by atomic mass is 16.3. The predicted molar refractivity (Wildman–Crippen MR) is 107 cm³/mol. The lowest BCUT2D eigenvalue weighted by atomic mass is 10.0. The Bertz CT molecular complexity index is 843. The van der Waals surface area contributed by atoms with E-state index in [1.54, 1.807) is 0 Å². The molecule has 0 saturated carbocycles. The van der Waals surface area contributed by atoms with Gasteiger partial charge in [0.1, 0.15) is 11.6 Å². The van der Waals surface area contributed by atoms with Gasteiger partial charge in [0.25, 0.3) is 0 Å². The number of aryl methyl sites for hydroxylation is 2. The largest absolute Gasteiger partial charge is 0.390 e. The number of anilines is 1. The molecule has 2 aromatic rings. The van der Waals surface area contributed by atoms with Crippen molar-refractivity contribution in [3.05, 3.63) is 53.0 Å². The lowest BCUT2D eigenvalue weighted by molar-refractivity contribution is 0.141. The number of hydrogen-bond donors (Lipinski definition) is 3. The second kappa shape index (κ2) is 7.75. The standard InChI is InChI=1S/C21H27N5O2/c1-13-11-19(23-14(2)22-13)26-9-7-16(8-10-26)24-21(28)25-20-17-6-4-3-5-15(17)12-18(20)27/h3-6,11,16,18,20,27H,7-10,12H2,1-2H3,(H2,24,25,28)/t18-,20+/m1/s1. The number of urea groups is 1. The average molecular weight is 381 g/mol. The number of nitrogens with one attached hydrogen (secondary N) is 2. The molecule has 1 aliphatic carbocycles. The molecule has 0 unspecified atom stereocenters. The molecule has 1 saturated heterocycles. The summed E-state index contributed by atoms with van der Waals surface area (Å²) in [7, 11) is 0. The molecule has 0 bridgehead atoms. The number of fused-ring (bicyclic) bond motifs is 1. The number of aromatic nitrogens is 2. The van der Waals surface area contributed by atoms with Crippen LogP contribution in [0, 0.1) is 13.8 Å². The molecule has 148 valence electrons. The molecule has 4 rings (SSSR count). The first-order valence-corrected chi connectivity index (χ1v) is 9.90. The first-order chi connectivity index (χ1) is 13.5. The predicted octanol–water partition coefficient (Wildman–Crippen LogP) is 2.02. The van der Waals surface area contributed by atoms with E-state index in [1.165, 1.54) is 0 Å². The Morgan fingerprint density at radius 2 is 1.89 bits per heavy atom. The van der Waals surface area contributed by atoms with Crippen molar-refractivity contribution in [2.75, 3.05) is 18.0 Å². The normalized spacial score (nSPS) is 22.0. The summed E-state index contributed by atoms with van der Waals surface area (Å²) in [5.41, 5.74) is 3.08. The highest BCUT2D eigenvalue weighted by Gasteiger charge is 2.32. The van der Waals surface area contributed by atoms with Crippen LogP contribution in [-0.4, -0.2) is 46.3 Å². The number of hydrogen-bond acceptors (Lipinski definition) is 5. The second-order valence-corrected chi connectivity index (χ2v) is 7.74. The van der Waals surface area contributed by atoms with E-state index in [0.717, 1.165) is 54.4 Å². The molecule has 3 N–H and O–H groups in total. The van der Waals surface area contributed by atoms with E-state index in [0.29, 0.717) is 6.42 Å². The van der Waals surface area contributed by atoms with E-state index in [1.807, 2.05) is 44.2 Å². The number of amides is 2. The summed E-state index contributed by atoms with van der Waals surface area (Å²) in [5, 5.41) is 16.3. The third kappa shape index (κ3) is 3.94. The third-order valence-electron chi connectivity index (χ3n) is 5.60. The minimum Gasteiger partial charge on any atom is -0.390 e. The molecule has 2 heterocycles. The van der Waals surface area contributed by atoms with Gasteiger partial charge in [0.15, 0.2) is 0 Å². The van der Waals surface area contributed by atoms with Crippen molar-refractivity contribution in [3.8, 4) is 0 Å². The summed E-state index contributed by atoms with van der Waals surface area (Å²) in [6, 6.07) is 9.45. The number of nitrogens with zero attached hydrogens (tertiary/aromatic N) is 3. The molecule has 0 radical (unpaired) electrons. The first-order valence-electron chi connectivity index (χ1n) is 9.90. The van der Waals surface area contributed by atoms with Gasteiger partial charge in [-0.05, 0) is 37.8 Å². The summed E-state index contributed by atoms with van der Waals surface area (Å²) in [4.78, 5) is 23.6. The van der Waals surface area contributed by atoms with Crippen molar-refractivity contribution >= 4 is 11.8 Å². The van der Waals surface area contributed by atoms with Crippen LogP contribution in [-0.2, 0) is 6.42 Å². The van der Waals surface area contributed by atoms with Gasteiger partial charge in [-0.1, -0.05) is 24.3 Å². The quantitative estimate of drug-likeness (QED) is 0.757. The van der Waals surface area contributed by atoms with Crippen LogP contribution in [0.15, 0.2) is 30.3 Å². The lowest BCUT2D eigenvalue weighted by Gasteiger charge is -2.33. The van der Waals surface area contributed by atoms with E-state index in [4.69, 9.17) is 0 Å². The van der Waals surface area contributed by atoms with Crippen LogP contribution in [0.3, 0.4) is 0 Å². The fourth-order valence-electron chi connectivity index (χ4n) is 4.23. The number of aliphatic hydroxyl groups excluding tert-OH is 1. The molecule has 7 heteroatoms. The third-order valence-corrected chi connectivity index (χ3v) is 5.60. The monoisotopic (exact) mass is 381 g/mol. The fraction of sp³-hybridized carbons (Fsp3) is 0.476. The van der Waals surface area contributed by atoms with Crippen LogP contribution < -0.4 is 15.5 Å². The average Bonchev–Trinajstić information content (AvgIpc) is 2.97. The van der Waals surface area contributed by atoms with Crippen LogP contribution in [0.1, 0.15) is 41.5 Å². The topological polar surface area (TPSA) is 90.4 Å². The van der Waals surface area contributed by atoms with E-state index < -0.39 is 6.10 Å². The molecule has 28 heavy (non-hydrogen) atoms. The Kier molecular flexibility index (Phi) is 5.17. The van der Waals surface area contributed by atoms with Gasteiger partial charge in [-0.25, -0.2) is 14.8 Å². The molecule has 1 aliphatic heterocycles. The lowest BCUT2D eigenvalue weighted by Crippen LogP contribution is -2.49. The van der Waals surface area contributed by atoms with Crippen LogP contribution in [0.25, 0.3) is 0 Å². The van der Waals surface area contributed by atoms with Gasteiger partial charge < -0.3 is 20.6 Å². The number of carbonyl (C=O) groups is 1. The Hall–Kier alpha value is -2.67. The minimum absolute atomic E-state index is 0.120. The second-order valence-electron chi connectivity index (χ2n) is 7.74. The van der Waals surface area contributed by atoms with Gasteiger partial charge in [0.2, 0.25) is 0 Å². The van der Waals surface area contributed by atoms with E-state index in [2.05, 4.69) is 25.5 Å². The fourth-order valence-corrected chi connectivity index (χ4v) is 4.23. The van der Waals surface area contributed by atoms with Crippen molar-refractivity contribution in [2.24, 2.45) is 0 Å². The number of aliphatic hydroxyl groups is 1. The number of rotatable bonds is 3. The van der Waals surface area contributed by atoms with Crippen molar-refractivity contribution < 1.29 is 9.90 Å². The van der Waals surface area contributed by atoms with Gasteiger partial charge >= 0.3 is 6.03 Å². The van der Waals surface area contributed by atoms with Gasteiger partial charge in [-0.15, -0.1) is 0 Å². The molecule has 1 aromatic heterocycles. The summed E-state index contributed by atoms with van der Waals surface area (Å²) in [5.74, 6) is 1.74. The molecule has 2 atom stereocenters. The Labute approximate surface area is 165 Å². The van der Waals surface area contributed by atoms with Gasteiger partial charge in [-0.2, -0.15) is 0 Å². The summed E-state index contributed by atoms with van der Waals surface area (Å²) in [6.07, 6.45) is 1.73. The van der Waals surface area contributed by atoms with Gasteiger partial charge in [-0.3, -0.25) is 0 Å². The first kappa shape index (κ1) is 18.7. The Morgan fingerprint density at radius 3 is 2.64 bits per heavy atom. The molecule has 7 nitrogen and oxygen atoms in total. The van der Waals surface area contributed by atoms with Crippen molar-refractivity contribution in [3.63, 3.8) is 0 Å².